The molecule has 5 heteroatoms. The zero-order chi connectivity index (χ0) is 13.4. The number of pyridine rings is 1. The van der Waals surface area contributed by atoms with Crippen molar-refractivity contribution in [2.75, 3.05) is 25.5 Å². The van der Waals surface area contributed by atoms with Crippen molar-refractivity contribution in [3.8, 4) is 0 Å². The van der Waals surface area contributed by atoms with Crippen molar-refractivity contribution in [1.82, 2.24) is 10.3 Å². The molecule has 0 saturated heterocycles. The van der Waals surface area contributed by atoms with Crippen LogP contribution in [0.5, 0.6) is 0 Å². The van der Waals surface area contributed by atoms with Gasteiger partial charge in [0.05, 0.1) is 31.5 Å². The molecule has 1 aromatic rings. The average Bonchev–Trinajstić information content (AvgIpc) is 2.31. The molecular formula is C13H19N3O2. The highest BCUT2D eigenvalue weighted by atomic mass is 16.5. The van der Waals surface area contributed by atoms with Gasteiger partial charge in [-0.25, -0.2) is 0 Å². The lowest BCUT2D eigenvalue weighted by Crippen LogP contribution is -2.29. The monoisotopic (exact) mass is 249 g/mol. The Bertz CT molecular complexity index is 401. The maximum atomic E-state index is 11.5. The van der Waals surface area contributed by atoms with E-state index in [9.17, 15) is 4.79 Å². The highest BCUT2D eigenvalue weighted by Crippen LogP contribution is 2.01. The SMILES string of the molecule is C=C(C)COCCNC(=O)Cc1ccc(N)cn1. The van der Waals surface area contributed by atoms with Crippen LogP contribution in [-0.2, 0) is 16.0 Å². The molecule has 98 valence electrons. The highest BCUT2D eigenvalue weighted by molar-refractivity contribution is 5.78. The smallest absolute Gasteiger partial charge is 0.226 e. The molecule has 0 atom stereocenters. The molecule has 0 saturated carbocycles. The lowest BCUT2D eigenvalue weighted by atomic mass is 10.2. The number of nitrogens with two attached hydrogens (primary N) is 1. The number of hydrogen-bond donors (Lipinski definition) is 2. The number of carbonyl (C=O) groups is 1. The Kier molecular flexibility index (Phi) is 5.87. The van der Waals surface area contributed by atoms with Crippen molar-refractivity contribution in [3.05, 3.63) is 36.2 Å². The fraction of sp³-hybridized carbons (Fsp3) is 0.385. The fourth-order valence-electron chi connectivity index (χ4n) is 1.28. The molecule has 0 unspecified atom stereocenters. The van der Waals surface area contributed by atoms with E-state index in [-0.39, 0.29) is 12.3 Å². The summed E-state index contributed by atoms with van der Waals surface area (Å²) in [4.78, 5) is 15.6. The molecule has 0 aliphatic carbocycles. The van der Waals surface area contributed by atoms with Gasteiger partial charge in [0.1, 0.15) is 0 Å². The Labute approximate surface area is 107 Å². The zero-order valence-electron chi connectivity index (χ0n) is 10.6. The molecule has 1 aromatic heterocycles. The van der Waals surface area contributed by atoms with Gasteiger partial charge in [-0.15, -0.1) is 0 Å². The molecule has 3 N–H and O–H groups in total. The van der Waals surface area contributed by atoms with Gasteiger partial charge < -0.3 is 15.8 Å². The molecule has 0 aliphatic rings. The molecule has 0 aliphatic heterocycles. The van der Waals surface area contributed by atoms with Crippen molar-refractivity contribution >= 4 is 11.6 Å². The van der Waals surface area contributed by atoms with Crippen LogP contribution in [0.15, 0.2) is 30.5 Å². The molecule has 1 heterocycles. The predicted molar refractivity (Wildman–Crippen MR) is 71.0 cm³/mol. The standard InChI is InChI=1S/C13H19N3O2/c1-10(2)9-18-6-5-15-13(17)7-12-4-3-11(14)8-16-12/h3-4,8H,1,5-7,9,14H2,2H3,(H,15,17). The Hall–Kier alpha value is -1.88. The summed E-state index contributed by atoms with van der Waals surface area (Å²) >= 11 is 0. The van der Waals surface area contributed by atoms with Gasteiger partial charge in [0, 0.05) is 12.2 Å². The van der Waals surface area contributed by atoms with Crippen molar-refractivity contribution in [1.29, 1.82) is 0 Å². The summed E-state index contributed by atoms with van der Waals surface area (Å²) in [6, 6.07) is 3.47. The van der Waals surface area contributed by atoms with E-state index in [2.05, 4.69) is 16.9 Å². The zero-order valence-corrected chi connectivity index (χ0v) is 10.6. The van der Waals surface area contributed by atoms with Crippen LogP contribution in [-0.4, -0.2) is 30.6 Å². The molecule has 5 nitrogen and oxygen atoms in total. The number of nitrogens with one attached hydrogen (secondary N) is 1. The molecule has 0 spiro atoms. The molecule has 1 amide bonds. The second-order valence-corrected chi connectivity index (χ2v) is 4.12. The molecule has 0 aromatic carbocycles. The summed E-state index contributed by atoms with van der Waals surface area (Å²) in [5.74, 6) is -0.0776. The van der Waals surface area contributed by atoms with Crippen molar-refractivity contribution in [2.45, 2.75) is 13.3 Å². The minimum Gasteiger partial charge on any atom is -0.397 e. The van der Waals surface area contributed by atoms with E-state index in [1.165, 1.54) is 0 Å². The lowest BCUT2D eigenvalue weighted by Gasteiger charge is -2.06. The van der Waals surface area contributed by atoms with Crippen LogP contribution in [0.25, 0.3) is 0 Å². The third kappa shape index (κ3) is 6.00. The van der Waals surface area contributed by atoms with E-state index in [0.29, 0.717) is 31.1 Å². The Morgan fingerprint density at radius 3 is 2.94 bits per heavy atom. The number of amides is 1. The first-order chi connectivity index (χ1) is 8.58. The van der Waals surface area contributed by atoms with Crippen LogP contribution in [0, 0.1) is 0 Å². The second-order valence-electron chi connectivity index (χ2n) is 4.12. The van der Waals surface area contributed by atoms with E-state index in [4.69, 9.17) is 10.5 Å². The van der Waals surface area contributed by atoms with Crippen LogP contribution >= 0.6 is 0 Å². The molecule has 0 fully saturated rings. The minimum atomic E-state index is -0.0776. The molecule has 18 heavy (non-hydrogen) atoms. The van der Waals surface area contributed by atoms with E-state index in [1.807, 2.05) is 6.92 Å². The fourth-order valence-corrected chi connectivity index (χ4v) is 1.28. The van der Waals surface area contributed by atoms with Crippen LogP contribution in [0.4, 0.5) is 5.69 Å². The van der Waals surface area contributed by atoms with Gasteiger partial charge in [0.25, 0.3) is 0 Å². The number of ether oxygens (including phenoxy) is 1. The van der Waals surface area contributed by atoms with Crippen molar-refractivity contribution in [2.24, 2.45) is 0 Å². The van der Waals surface area contributed by atoms with E-state index in [1.54, 1.807) is 18.3 Å². The predicted octanol–water partition coefficient (Wildman–Crippen LogP) is 0.915. The van der Waals surface area contributed by atoms with Crippen LogP contribution in [0.3, 0.4) is 0 Å². The minimum absolute atomic E-state index is 0.0776. The third-order valence-corrected chi connectivity index (χ3v) is 2.11. The molecular weight excluding hydrogens is 230 g/mol. The number of nitrogens with zero attached hydrogens (tertiary/aromatic N) is 1. The number of aromatic nitrogens is 1. The summed E-state index contributed by atoms with van der Waals surface area (Å²) in [6.45, 7) is 7.10. The van der Waals surface area contributed by atoms with Gasteiger partial charge in [0.2, 0.25) is 5.91 Å². The topological polar surface area (TPSA) is 77.2 Å². The number of rotatable bonds is 7. The first-order valence-electron chi connectivity index (χ1n) is 5.77. The average molecular weight is 249 g/mol. The van der Waals surface area contributed by atoms with Crippen molar-refractivity contribution < 1.29 is 9.53 Å². The normalized spacial score (nSPS) is 10.1. The van der Waals surface area contributed by atoms with Gasteiger partial charge in [-0.2, -0.15) is 0 Å². The third-order valence-electron chi connectivity index (χ3n) is 2.11. The maximum Gasteiger partial charge on any atom is 0.226 e. The summed E-state index contributed by atoms with van der Waals surface area (Å²) in [7, 11) is 0. The number of nitrogen functional groups attached to an aromatic ring is 1. The largest absolute Gasteiger partial charge is 0.397 e. The lowest BCUT2D eigenvalue weighted by molar-refractivity contribution is -0.120. The van der Waals surface area contributed by atoms with Crippen LogP contribution in [0.1, 0.15) is 12.6 Å². The van der Waals surface area contributed by atoms with E-state index < -0.39 is 0 Å². The van der Waals surface area contributed by atoms with Crippen LogP contribution < -0.4 is 11.1 Å². The van der Waals surface area contributed by atoms with Gasteiger partial charge in [-0.3, -0.25) is 9.78 Å². The van der Waals surface area contributed by atoms with Crippen molar-refractivity contribution in [3.63, 3.8) is 0 Å². The van der Waals surface area contributed by atoms with E-state index in [0.717, 1.165) is 5.57 Å². The first-order valence-corrected chi connectivity index (χ1v) is 5.77. The summed E-state index contributed by atoms with van der Waals surface area (Å²) < 4.78 is 5.26. The number of anilines is 1. The first kappa shape index (κ1) is 14.2. The second kappa shape index (κ2) is 7.45. The van der Waals surface area contributed by atoms with Gasteiger partial charge in [0.15, 0.2) is 0 Å². The van der Waals surface area contributed by atoms with Crippen LogP contribution in [0.2, 0.25) is 0 Å². The quantitative estimate of drug-likeness (QED) is 0.556. The van der Waals surface area contributed by atoms with Gasteiger partial charge in [-0.1, -0.05) is 12.2 Å². The number of hydrogen-bond acceptors (Lipinski definition) is 4. The Balaban J connectivity index is 2.17. The summed E-state index contributed by atoms with van der Waals surface area (Å²) in [5.41, 5.74) is 7.76. The summed E-state index contributed by atoms with van der Waals surface area (Å²) in [5, 5.41) is 2.75. The van der Waals surface area contributed by atoms with Gasteiger partial charge in [-0.05, 0) is 19.1 Å². The highest BCUT2D eigenvalue weighted by Gasteiger charge is 2.03. The Morgan fingerprint density at radius 1 is 1.56 bits per heavy atom. The van der Waals surface area contributed by atoms with E-state index >= 15 is 0 Å². The van der Waals surface area contributed by atoms with Gasteiger partial charge >= 0.3 is 0 Å². The maximum absolute atomic E-state index is 11.5. The molecule has 0 radical (unpaired) electrons. The molecule has 1 rings (SSSR count). The summed E-state index contributed by atoms with van der Waals surface area (Å²) in [6.07, 6.45) is 1.79. The Morgan fingerprint density at radius 2 is 2.33 bits per heavy atom. The molecule has 0 bridgehead atoms. The number of carbonyl (C=O) groups excluding carboxylic acids is 1.